The van der Waals surface area contributed by atoms with Gasteiger partial charge in [0.2, 0.25) is 0 Å². The lowest BCUT2D eigenvalue weighted by atomic mass is 9.97. The van der Waals surface area contributed by atoms with Gasteiger partial charge >= 0.3 is 6.09 Å². The van der Waals surface area contributed by atoms with Crippen molar-refractivity contribution in [2.45, 2.75) is 109 Å². The molecule has 0 saturated carbocycles. The van der Waals surface area contributed by atoms with E-state index >= 15 is 0 Å². The zero-order valence-electron chi connectivity index (χ0n) is 30.4. The summed E-state index contributed by atoms with van der Waals surface area (Å²) < 4.78 is 32.5. The molecule has 1 amide bonds. The van der Waals surface area contributed by atoms with Crippen LogP contribution in [-0.2, 0) is 48.0 Å². The summed E-state index contributed by atoms with van der Waals surface area (Å²) in [6, 6.07) is 28.1. The molecule has 0 heterocycles. The fourth-order valence-electron chi connectivity index (χ4n) is 4.82. The van der Waals surface area contributed by atoms with E-state index in [0.29, 0.717) is 6.61 Å². The lowest BCUT2D eigenvalue weighted by Crippen LogP contribution is -2.60. The van der Waals surface area contributed by atoms with E-state index in [2.05, 4.69) is 45.8 Å². The topological polar surface area (TPSA) is 92.3 Å². The Morgan fingerprint density at radius 3 is 1.61 bits per heavy atom. The molecule has 0 radical (unpaired) electrons. The minimum Gasteiger partial charge on any atom is -0.444 e. The van der Waals surface area contributed by atoms with Crippen LogP contribution in [0, 0.1) is 0 Å². The van der Waals surface area contributed by atoms with E-state index in [9.17, 15) is 9.59 Å². The number of nitrogens with one attached hydrogen (secondary N) is 1. The second-order valence-corrected chi connectivity index (χ2v) is 19.4. The van der Waals surface area contributed by atoms with Crippen molar-refractivity contribution < 1.29 is 33.0 Å². The normalized spacial score (nSPS) is 14.7. The van der Waals surface area contributed by atoms with E-state index in [1.807, 2.05) is 91.0 Å². The van der Waals surface area contributed by atoms with Crippen LogP contribution >= 0.6 is 0 Å². The quantitative estimate of drug-likeness (QED) is 0.106. The molecule has 0 aliphatic carbocycles. The molecule has 1 N–H and O–H groups in total. The highest BCUT2D eigenvalue weighted by Crippen LogP contribution is 2.38. The Morgan fingerprint density at radius 1 is 0.735 bits per heavy atom. The number of ether oxygens (including phenoxy) is 4. The van der Waals surface area contributed by atoms with Gasteiger partial charge in [0, 0.05) is 0 Å². The molecule has 3 aromatic carbocycles. The van der Waals surface area contributed by atoms with Gasteiger partial charge in [-0.1, -0.05) is 118 Å². The lowest BCUT2D eigenvalue weighted by Gasteiger charge is -2.43. The van der Waals surface area contributed by atoms with E-state index in [1.54, 1.807) is 20.8 Å². The van der Waals surface area contributed by atoms with Crippen LogP contribution in [0.15, 0.2) is 104 Å². The fraction of sp³-hybridized carbons (Fsp3) is 0.450. The first kappa shape index (κ1) is 39.8. The van der Waals surface area contributed by atoms with E-state index in [0.717, 1.165) is 16.7 Å². The third-order valence-corrected chi connectivity index (χ3v) is 12.9. The minimum atomic E-state index is -2.47. The highest BCUT2D eigenvalue weighted by molar-refractivity contribution is 6.74. The van der Waals surface area contributed by atoms with Crippen LogP contribution in [-0.4, -0.2) is 56.8 Å². The Morgan fingerprint density at radius 2 is 1.18 bits per heavy atom. The number of benzene rings is 3. The number of amides is 1. The zero-order valence-corrected chi connectivity index (χ0v) is 31.4. The Bertz CT molecular complexity index is 1440. The number of rotatable bonds is 18. The summed E-state index contributed by atoms with van der Waals surface area (Å²) in [5.74, 6) is -0.450. The van der Waals surface area contributed by atoms with Crippen LogP contribution in [0.25, 0.3) is 0 Å². The Hall–Kier alpha value is -3.60. The smallest absolute Gasteiger partial charge is 0.408 e. The first-order chi connectivity index (χ1) is 23.1. The average molecular weight is 690 g/mol. The maximum atomic E-state index is 13.7. The second kappa shape index (κ2) is 18.4. The van der Waals surface area contributed by atoms with Gasteiger partial charge in [0.25, 0.3) is 0 Å². The van der Waals surface area contributed by atoms with Crippen molar-refractivity contribution in [3.8, 4) is 0 Å². The van der Waals surface area contributed by atoms with Crippen molar-refractivity contribution >= 4 is 20.2 Å². The van der Waals surface area contributed by atoms with Gasteiger partial charge in [0.15, 0.2) is 14.1 Å². The van der Waals surface area contributed by atoms with E-state index < -0.39 is 50.1 Å². The molecule has 49 heavy (non-hydrogen) atoms. The molecule has 0 fully saturated rings. The predicted octanol–water partition coefficient (Wildman–Crippen LogP) is 8.41. The van der Waals surface area contributed by atoms with Crippen molar-refractivity contribution in [3.05, 3.63) is 120 Å². The molecule has 0 aliphatic rings. The van der Waals surface area contributed by atoms with Crippen molar-refractivity contribution in [1.82, 2.24) is 5.32 Å². The standard InChI is InChI=1S/C40H55NO7Si/c1-10-33(42)35(41-38(43)47-39(2,3)4)37(46-28-32-24-18-13-19-25-32)36(45-27-31-22-16-12-17-23-31)34(48-49(8,9)40(5,6)7)29-44-26-30-20-14-11-15-21-30/h10-25,34-37H,1,26-29H2,2-9H3,(H,41,43)/t34-,35-,36+,37+/m0/s1. The molecular weight excluding hydrogens is 635 g/mol. The molecule has 0 spiro atoms. The molecule has 0 saturated heterocycles. The van der Waals surface area contributed by atoms with Gasteiger partial charge in [-0.05, 0) is 61.7 Å². The van der Waals surface area contributed by atoms with Gasteiger partial charge < -0.3 is 28.7 Å². The summed E-state index contributed by atoms with van der Waals surface area (Å²) in [6.07, 6.45) is -2.17. The summed E-state index contributed by atoms with van der Waals surface area (Å²) >= 11 is 0. The molecule has 0 bridgehead atoms. The molecule has 0 aliphatic heterocycles. The van der Waals surface area contributed by atoms with Gasteiger partial charge in [-0.25, -0.2) is 4.79 Å². The number of carbonyl (C=O) groups excluding carboxylic acids is 2. The summed E-state index contributed by atoms with van der Waals surface area (Å²) in [6.45, 7) is 20.7. The van der Waals surface area contributed by atoms with E-state index in [1.165, 1.54) is 6.08 Å². The van der Waals surface area contributed by atoms with Gasteiger partial charge in [-0.15, -0.1) is 0 Å². The van der Waals surface area contributed by atoms with E-state index in [-0.39, 0.29) is 24.9 Å². The number of ketones is 1. The zero-order chi connectivity index (χ0) is 36.1. The van der Waals surface area contributed by atoms with Crippen LogP contribution in [0.1, 0.15) is 58.2 Å². The molecular formula is C40H55NO7Si. The number of hydrogen-bond acceptors (Lipinski definition) is 7. The number of alkyl carbamates (subject to hydrolysis) is 1. The van der Waals surface area contributed by atoms with Gasteiger partial charge in [0.05, 0.1) is 32.5 Å². The van der Waals surface area contributed by atoms with Gasteiger partial charge in [-0.2, -0.15) is 0 Å². The van der Waals surface area contributed by atoms with Gasteiger partial charge in [-0.3, -0.25) is 4.79 Å². The molecule has 8 nitrogen and oxygen atoms in total. The largest absolute Gasteiger partial charge is 0.444 e. The van der Waals surface area contributed by atoms with Crippen LogP contribution in [0.4, 0.5) is 4.79 Å². The Kier molecular flexibility index (Phi) is 15.0. The molecule has 266 valence electrons. The Labute approximate surface area is 294 Å². The van der Waals surface area contributed by atoms with Crippen molar-refractivity contribution in [2.24, 2.45) is 0 Å². The molecule has 0 aromatic heterocycles. The van der Waals surface area contributed by atoms with E-state index in [4.69, 9.17) is 23.4 Å². The Balaban J connectivity index is 2.13. The van der Waals surface area contributed by atoms with Crippen LogP contribution in [0.3, 0.4) is 0 Å². The van der Waals surface area contributed by atoms with Crippen molar-refractivity contribution in [1.29, 1.82) is 0 Å². The third-order valence-electron chi connectivity index (χ3n) is 8.42. The number of hydrogen-bond donors (Lipinski definition) is 1. The highest BCUT2D eigenvalue weighted by Gasteiger charge is 2.46. The predicted molar refractivity (Wildman–Crippen MR) is 197 cm³/mol. The first-order valence-electron chi connectivity index (χ1n) is 16.9. The fourth-order valence-corrected chi connectivity index (χ4v) is 6.14. The lowest BCUT2D eigenvalue weighted by molar-refractivity contribution is -0.157. The highest BCUT2D eigenvalue weighted by atomic mass is 28.4. The molecule has 3 aromatic rings. The molecule has 0 unspecified atom stereocenters. The molecule has 4 atom stereocenters. The number of carbonyl (C=O) groups is 2. The SMILES string of the molecule is C=CC(=O)[C@H](NC(=O)OC(C)(C)C)[C@@H](OCc1ccccc1)[C@H](OCc1ccccc1)[C@H](COCc1ccccc1)O[Si](C)(C)C(C)(C)C. The monoisotopic (exact) mass is 689 g/mol. The average Bonchev–Trinajstić information content (AvgIpc) is 3.04. The van der Waals surface area contributed by atoms with Gasteiger partial charge in [0.1, 0.15) is 23.9 Å². The van der Waals surface area contributed by atoms with Crippen LogP contribution in [0.5, 0.6) is 0 Å². The third kappa shape index (κ3) is 13.3. The first-order valence-corrected chi connectivity index (χ1v) is 19.8. The maximum Gasteiger partial charge on any atom is 0.408 e. The summed E-state index contributed by atoms with van der Waals surface area (Å²) in [4.78, 5) is 27.0. The van der Waals surface area contributed by atoms with Crippen molar-refractivity contribution in [3.63, 3.8) is 0 Å². The summed E-state index contributed by atoms with van der Waals surface area (Å²) in [7, 11) is -2.47. The minimum absolute atomic E-state index is 0.144. The summed E-state index contributed by atoms with van der Waals surface area (Å²) in [5.41, 5.74) is 2.03. The van der Waals surface area contributed by atoms with Crippen LogP contribution < -0.4 is 5.32 Å². The summed E-state index contributed by atoms with van der Waals surface area (Å²) in [5, 5.41) is 2.64. The van der Waals surface area contributed by atoms with Crippen LogP contribution in [0.2, 0.25) is 18.1 Å². The van der Waals surface area contributed by atoms with Crippen molar-refractivity contribution in [2.75, 3.05) is 6.61 Å². The maximum absolute atomic E-state index is 13.7. The second-order valence-electron chi connectivity index (χ2n) is 14.7. The molecule has 9 heteroatoms. The molecule has 3 rings (SSSR count).